The molecule has 21 heavy (non-hydrogen) atoms. The van der Waals surface area contributed by atoms with Gasteiger partial charge in [0.2, 0.25) is 0 Å². The Balaban J connectivity index is 2.00. The molecule has 3 unspecified atom stereocenters. The van der Waals surface area contributed by atoms with E-state index in [0.29, 0.717) is 6.54 Å². The largest absolute Gasteiger partial charge is 0.461 e. The SMILES string of the molecule is Cc1oc2ccccc2c1C(CN)N1CC(C)OC(C)C1. The Morgan fingerprint density at radius 3 is 2.57 bits per heavy atom. The van der Waals surface area contributed by atoms with Crippen molar-refractivity contribution >= 4 is 11.0 Å². The third kappa shape index (κ3) is 2.71. The van der Waals surface area contributed by atoms with Crippen LogP contribution >= 0.6 is 0 Å². The van der Waals surface area contributed by atoms with Crippen molar-refractivity contribution in [2.45, 2.75) is 39.0 Å². The van der Waals surface area contributed by atoms with Crippen LogP contribution in [0.2, 0.25) is 0 Å². The normalized spacial score (nSPS) is 25.3. The lowest BCUT2D eigenvalue weighted by Crippen LogP contribution is -2.48. The number of nitrogens with two attached hydrogens (primary N) is 1. The Hall–Kier alpha value is -1.36. The zero-order valence-electron chi connectivity index (χ0n) is 13.0. The monoisotopic (exact) mass is 288 g/mol. The van der Waals surface area contributed by atoms with Crippen LogP contribution in [0.5, 0.6) is 0 Å². The first kappa shape index (κ1) is 14.6. The Morgan fingerprint density at radius 1 is 1.24 bits per heavy atom. The van der Waals surface area contributed by atoms with E-state index in [0.717, 1.165) is 24.4 Å². The molecule has 1 aliphatic rings. The van der Waals surface area contributed by atoms with Gasteiger partial charge in [-0.05, 0) is 26.8 Å². The summed E-state index contributed by atoms with van der Waals surface area (Å²) in [5.41, 5.74) is 8.29. The van der Waals surface area contributed by atoms with Gasteiger partial charge in [0.1, 0.15) is 11.3 Å². The fourth-order valence-electron chi connectivity index (χ4n) is 3.52. The zero-order chi connectivity index (χ0) is 15.0. The highest BCUT2D eigenvalue weighted by Gasteiger charge is 2.31. The van der Waals surface area contributed by atoms with E-state index in [1.54, 1.807) is 0 Å². The summed E-state index contributed by atoms with van der Waals surface area (Å²) in [6.07, 6.45) is 0.475. The fourth-order valence-corrected chi connectivity index (χ4v) is 3.52. The van der Waals surface area contributed by atoms with E-state index in [2.05, 4.69) is 30.9 Å². The van der Waals surface area contributed by atoms with Crippen LogP contribution in [0.15, 0.2) is 28.7 Å². The summed E-state index contributed by atoms with van der Waals surface area (Å²) in [6, 6.07) is 8.38. The second-order valence-corrected chi connectivity index (χ2v) is 6.03. The molecule has 2 aromatic rings. The number of nitrogens with zero attached hydrogens (tertiary/aromatic N) is 1. The third-order valence-electron chi connectivity index (χ3n) is 4.26. The van der Waals surface area contributed by atoms with Gasteiger partial charge in [-0.1, -0.05) is 18.2 Å². The minimum absolute atomic E-state index is 0.183. The molecule has 4 heteroatoms. The maximum absolute atomic E-state index is 6.12. The molecule has 0 saturated carbocycles. The van der Waals surface area contributed by atoms with Crippen molar-refractivity contribution in [3.63, 3.8) is 0 Å². The molecule has 1 aromatic carbocycles. The highest BCUT2D eigenvalue weighted by Crippen LogP contribution is 2.34. The number of benzene rings is 1. The van der Waals surface area contributed by atoms with Crippen LogP contribution in [0, 0.1) is 6.92 Å². The van der Waals surface area contributed by atoms with E-state index in [-0.39, 0.29) is 18.2 Å². The zero-order valence-corrected chi connectivity index (χ0v) is 13.0. The van der Waals surface area contributed by atoms with Crippen molar-refractivity contribution in [1.29, 1.82) is 0 Å². The molecule has 4 nitrogen and oxygen atoms in total. The number of morpholine rings is 1. The van der Waals surface area contributed by atoms with Crippen molar-refractivity contribution < 1.29 is 9.15 Å². The molecular formula is C17H24N2O2. The maximum atomic E-state index is 6.12. The molecule has 1 aromatic heterocycles. The van der Waals surface area contributed by atoms with Crippen molar-refractivity contribution in [2.75, 3.05) is 19.6 Å². The van der Waals surface area contributed by atoms with Gasteiger partial charge in [0.15, 0.2) is 0 Å². The number of hydrogen-bond donors (Lipinski definition) is 1. The summed E-state index contributed by atoms with van der Waals surface area (Å²) in [7, 11) is 0. The van der Waals surface area contributed by atoms with Crippen LogP contribution in [0.4, 0.5) is 0 Å². The van der Waals surface area contributed by atoms with Crippen LogP contribution in [0.3, 0.4) is 0 Å². The van der Waals surface area contributed by atoms with Crippen LogP contribution in [0.1, 0.15) is 31.2 Å². The van der Waals surface area contributed by atoms with Gasteiger partial charge in [0.05, 0.1) is 18.2 Å². The van der Waals surface area contributed by atoms with E-state index in [1.807, 2.05) is 19.1 Å². The molecule has 0 bridgehead atoms. The van der Waals surface area contributed by atoms with Crippen molar-refractivity contribution in [2.24, 2.45) is 5.73 Å². The lowest BCUT2D eigenvalue weighted by Gasteiger charge is -2.40. The predicted molar refractivity (Wildman–Crippen MR) is 84.3 cm³/mol. The second kappa shape index (κ2) is 5.79. The van der Waals surface area contributed by atoms with Gasteiger partial charge in [0.25, 0.3) is 0 Å². The average molecular weight is 288 g/mol. The molecule has 0 amide bonds. The molecule has 0 radical (unpaired) electrons. The lowest BCUT2D eigenvalue weighted by molar-refractivity contribution is -0.0799. The molecule has 1 fully saturated rings. The number of para-hydroxylation sites is 1. The summed E-state index contributed by atoms with van der Waals surface area (Å²) < 4.78 is 11.8. The molecule has 1 aliphatic heterocycles. The molecule has 1 saturated heterocycles. The first-order valence-corrected chi connectivity index (χ1v) is 7.67. The van der Waals surface area contributed by atoms with Gasteiger partial charge in [-0.25, -0.2) is 0 Å². The second-order valence-electron chi connectivity index (χ2n) is 6.03. The van der Waals surface area contributed by atoms with Crippen LogP contribution < -0.4 is 5.73 Å². The van der Waals surface area contributed by atoms with Gasteiger partial charge in [-0.2, -0.15) is 0 Å². The van der Waals surface area contributed by atoms with E-state index >= 15 is 0 Å². The number of rotatable bonds is 3. The van der Waals surface area contributed by atoms with E-state index in [1.165, 1.54) is 10.9 Å². The summed E-state index contributed by atoms with van der Waals surface area (Å²) >= 11 is 0. The Labute approximate surface area is 125 Å². The standard InChI is InChI=1S/C17H24N2O2/c1-11-9-19(10-12(2)20-11)15(8-18)17-13(3)21-16-7-5-4-6-14(16)17/h4-7,11-12,15H,8-10,18H2,1-3H3. The highest BCUT2D eigenvalue weighted by molar-refractivity contribution is 5.82. The quantitative estimate of drug-likeness (QED) is 0.943. The molecule has 114 valence electrons. The van der Waals surface area contributed by atoms with E-state index in [4.69, 9.17) is 14.9 Å². The number of aryl methyl sites for hydroxylation is 1. The number of hydrogen-bond acceptors (Lipinski definition) is 4. The molecule has 2 heterocycles. The first-order valence-electron chi connectivity index (χ1n) is 7.67. The summed E-state index contributed by atoms with van der Waals surface area (Å²) in [6.45, 7) is 8.68. The number of furan rings is 1. The third-order valence-corrected chi connectivity index (χ3v) is 4.26. The Morgan fingerprint density at radius 2 is 1.90 bits per heavy atom. The number of fused-ring (bicyclic) bond motifs is 1. The summed E-state index contributed by atoms with van der Waals surface area (Å²) in [5.74, 6) is 0.971. The molecule has 2 N–H and O–H groups in total. The van der Waals surface area contributed by atoms with Crippen molar-refractivity contribution in [1.82, 2.24) is 4.90 Å². The topological polar surface area (TPSA) is 51.6 Å². The van der Waals surface area contributed by atoms with Crippen molar-refractivity contribution in [3.05, 3.63) is 35.6 Å². The highest BCUT2D eigenvalue weighted by atomic mass is 16.5. The molecule has 0 spiro atoms. The van der Waals surface area contributed by atoms with Gasteiger partial charge in [0, 0.05) is 30.6 Å². The van der Waals surface area contributed by atoms with Gasteiger partial charge in [-0.15, -0.1) is 0 Å². The van der Waals surface area contributed by atoms with Crippen LogP contribution in [-0.4, -0.2) is 36.7 Å². The van der Waals surface area contributed by atoms with Gasteiger partial charge in [-0.3, -0.25) is 4.90 Å². The number of ether oxygens (including phenoxy) is 1. The minimum Gasteiger partial charge on any atom is -0.461 e. The molecule has 0 aliphatic carbocycles. The Bertz CT molecular complexity index is 612. The minimum atomic E-state index is 0.183. The predicted octanol–water partition coefficient (Wildman–Crippen LogP) is 2.85. The lowest BCUT2D eigenvalue weighted by atomic mass is 10.00. The van der Waals surface area contributed by atoms with E-state index < -0.39 is 0 Å². The smallest absolute Gasteiger partial charge is 0.134 e. The fraction of sp³-hybridized carbons (Fsp3) is 0.529. The van der Waals surface area contributed by atoms with Gasteiger partial charge >= 0.3 is 0 Å². The Kier molecular flexibility index (Phi) is 4.02. The van der Waals surface area contributed by atoms with Crippen molar-refractivity contribution in [3.8, 4) is 0 Å². The summed E-state index contributed by atoms with van der Waals surface area (Å²) in [5, 5.41) is 1.18. The first-order chi connectivity index (χ1) is 10.1. The molecule has 3 rings (SSSR count). The van der Waals surface area contributed by atoms with Gasteiger partial charge < -0.3 is 14.9 Å². The van der Waals surface area contributed by atoms with E-state index in [9.17, 15) is 0 Å². The molecule has 3 atom stereocenters. The average Bonchev–Trinajstić information content (AvgIpc) is 2.76. The summed E-state index contributed by atoms with van der Waals surface area (Å²) in [4.78, 5) is 2.43. The van der Waals surface area contributed by atoms with Crippen LogP contribution in [-0.2, 0) is 4.74 Å². The van der Waals surface area contributed by atoms with Crippen LogP contribution in [0.25, 0.3) is 11.0 Å². The molecular weight excluding hydrogens is 264 g/mol. The maximum Gasteiger partial charge on any atom is 0.134 e.